The van der Waals surface area contributed by atoms with Crippen molar-refractivity contribution in [2.24, 2.45) is 11.1 Å². The van der Waals surface area contributed by atoms with Gasteiger partial charge in [0.05, 0.1) is 11.6 Å². The van der Waals surface area contributed by atoms with Crippen LogP contribution in [0.3, 0.4) is 0 Å². The molecule has 94 valence electrons. The summed E-state index contributed by atoms with van der Waals surface area (Å²) in [6.07, 6.45) is 0.735. The second-order valence-electron chi connectivity index (χ2n) is 4.76. The van der Waals surface area contributed by atoms with Crippen LogP contribution in [0.25, 0.3) is 0 Å². The van der Waals surface area contributed by atoms with Crippen LogP contribution in [0.1, 0.15) is 25.8 Å². The molecule has 2 nitrogen and oxygen atoms in total. The van der Waals surface area contributed by atoms with Gasteiger partial charge in [-0.25, -0.2) is 4.39 Å². The van der Waals surface area contributed by atoms with E-state index in [9.17, 15) is 4.39 Å². The number of benzene rings is 1. The summed E-state index contributed by atoms with van der Waals surface area (Å²) in [6.45, 7) is 6.18. The van der Waals surface area contributed by atoms with Crippen LogP contribution >= 0.6 is 12.2 Å². The fourth-order valence-electron chi connectivity index (χ4n) is 1.25. The van der Waals surface area contributed by atoms with Gasteiger partial charge < -0.3 is 10.5 Å². The summed E-state index contributed by atoms with van der Waals surface area (Å²) in [5.41, 5.74) is 5.98. The highest BCUT2D eigenvalue weighted by Crippen LogP contribution is 2.22. The van der Waals surface area contributed by atoms with Crippen molar-refractivity contribution in [3.8, 4) is 5.75 Å². The SMILES string of the molecule is Cc1cc(OCCC(C)(C)C(N)=S)ccc1F. The second kappa shape index (κ2) is 5.45. The third-order valence-electron chi connectivity index (χ3n) is 2.79. The largest absolute Gasteiger partial charge is 0.494 e. The van der Waals surface area contributed by atoms with Gasteiger partial charge in [-0.05, 0) is 37.1 Å². The third kappa shape index (κ3) is 3.97. The fourth-order valence-corrected chi connectivity index (χ4v) is 1.36. The first-order valence-electron chi connectivity index (χ1n) is 5.52. The molecule has 1 aromatic rings. The smallest absolute Gasteiger partial charge is 0.126 e. The number of ether oxygens (including phenoxy) is 1. The molecular weight excluding hydrogens is 237 g/mol. The van der Waals surface area contributed by atoms with Gasteiger partial charge in [0, 0.05) is 5.41 Å². The van der Waals surface area contributed by atoms with E-state index in [0.29, 0.717) is 22.9 Å². The van der Waals surface area contributed by atoms with Crippen LogP contribution in [0.5, 0.6) is 5.75 Å². The second-order valence-corrected chi connectivity index (χ2v) is 5.20. The molecule has 0 amide bonds. The Hall–Kier alpha value is -1.16. The van der Waals surface area contributed by atoms with Crippen molar-refractivity contribution in [1.82, 2.24) is 0 Å². The van der Waals surface area contributed by atoms with E-state index in [1.165, 1.54) is 6.07 Å². The highest BCUT2D eigenvalue weighted by molar-refractivity contribution is 7.80. The quantitative estimate of drug-likeness (QED) is 0.821. The fraction of sp³-hybridized carbons (Fsp3) is 0.462. The Morgan fingerprint density at radius 3 is 2.65 bits per heavy atom. The Morgan fingerprint density at radius 1 is 1.47 bits per heavy atom. The lowest BCUT2D eigenvalue weighted by molar-refractivity contribution is 0.270. The summed E-state index contributed by atoms with van der Waals surface area (Å²) < 4.78 is 18.6. The third-order valence-corrected chi connectivity index (χ3v) is 3.34. The van der Waals surface area contributed by atoms with Crippen LogP contribution in [-0.4, -0.2) is 11.6 Å². The van der Waals surface area contributed by atoms with Gasteiger partial charge in [-0.3, -0.25) is 0 Å². The maximum atomic E-state index is 13.0. The molecule has 2 N–H and O–H groups in total. The molecule has 0 aromatic heterocycles. The van der Waals surface area contributed by atoms with Crippen molar-refractivity contribution in [2.45, 2.75) is 27.2 Å². The molecule has 4 heteroatoms. The van der Waals surface area contributed by atoms with Gasteiger partial charge in [0.1, 0.15) is 11.6 Å². The molecule has 0 fully saturated rings. The number of hydrogen-bond donors (Lipinski definition) is 1. The molecule has 0 aliphatic rings. The van der Waals surface area contributed by atoms with Crippen molar-refractivity contribution in [3.63, 3.8) is 0 Å². The van der Waals surface area contributed by atoms with Crippen LogP contribution in [-0.2, 0) is 0 Å². The lowest BCUT2D eigenvalue weighted by Crippen LogP contribution is -2.31. The van der Waals surface area contributed by atoms with Gasteiger partial charge in [-0.1, -0.05) is 26.1 Å². The molecule has 0 aliphatic carbocycles. The lowest BCUT2D eigenvalue weighted by Gasteiger charge is -2.22. The summed E-state index contributed by atoms with van der Waals surface area (Å²) in [7, 11) is 0. The molecule has 17 heavy (non-hydrogen) atoms. The maximum Gasteiger partial charge on any atom is 0.126 e. The Balaban J connectivity index is 2.51. The zero-order valence-electron chi connectivity index (χ0n) is 10.4. The van der Waals surface area contributed by atoms with Gasteiger partial charge in [0.25, 0.3) is 0 Å². The van der Waals surface area contributed by atoms with Crippen LogP contribution in [0, 0.1) is 18.2 Å². The molecule has 0 saturated carbocycles. The highest BCUT2D eigenvalue weighted by Gasteiger charge is 2.21. The average molecular weight is 255 g/mol. The van der Waals surface area contributed by atoms with Crippen LogP contribution in [0.2, 0.25) is 0 Å². The van der Waals surface area contributed by atoms with E-state index in [2.05, 4.69) is 0 Å². The molecule has 0 aliphatic heterocycles. The van der Waals surface area contributed by atoms with E-state index in [0.717, 1.165) is 6.42 Å². The van der Waals surface area contributed by atoms with Gasteiger partial charge >= 0.3 is 0 Å². The van der Waals surface area contributed by atoms with Gasteiger partial charge in [-0.2, -0.15) is 0 Å². The van der Waals surface area contributed by atoms with E-state index in [1.807, 2.05) is 13.8 Å². The lowest BCUT2D eigenvalue weighted by atomic mass is 9.90. The number of rotatable bonds is 5. The summed E-state index contributed by atoms with van der Waals surface area (Å²) in [5.74, 6) is 0.448. The standard InChI is InChI=1S/C13H18FNOS/c1-9-8-10(4-5-11(9)14)16-7-6-13(2,3)12(15)17/h4-5,8H,6-7H2,1-3H3,(H2,15,17). The van der Waals surface area contributed by atoms with Crippen molar-refractivity contribution in [2.75, 3.05) is 6.61 Å². The minimum atomic E-state index is -0.221. The molecule has 1 aromatic carbocycles. The molecule has 0 saturated heterocycles. The Kier molecular flexibility index (Phi) is 4.46. The van der Waals surface area contributed by atoms with Gasteiger partial charge in [0.2, 0.25) is 0 Å². The summed E-state index contributed by atoms with van der Waals surface area (Å²) in [6, 6.07) is 4.71. The zero-order chi connectivity index (χ0) is 13.1. The normalized spacial score (nSPS) is 11.3. The first-order valence-corrected chi connectivity index (χ1v) is 5.92. The number of hydrogen-bond acceptors (Lipinski definition) is 2. The Morgan fingerprint density at radius 2 is 2.12 bits per heavy atom. The molecule has 1 rings (SSSR count). The number of aryl methyl sites for hydroxylation is 1. The number of nitrogens with two attached hydrogens (primary N) is 1. The van der Waals surface area contributed by atoms with Gasteiger partial charge in [0.15, 0.2) is 0 Å². The van der Waals surface area contributed by atoms with E-state index >= 15 is 0 Å². The average Bonchev–Trinajstić information content (AvgIpc) is 2.23. The molecule has 0 atom stereocenters. The minimum absolute atomic E-state index is 0.218. The van der Waals surface area contributed by atoms with Crippen molar-refractivity contribution >= 4 is 17.2 Å². The van der Waals surface area contributed by atoms with Crippen molar-refractivity contribution in [3.05, 3.63) is 29.6 Å². The molecule has 0 radical (unpaired) electrons. The molecular formula is C13H18FNOS. The summed E-state index contributed by atoms with van der Waals surface area (Å²) in [5, 5.41) is 0. The molecule has 0 heterocycles. The predicted octanol–water partition coefficient (Wildman–Crippen LogP) is 3.22. The van der Waals surface area contributed by atoms with Crippen LogP contribution < -0.4 is 10.5 Å². The summed E-state index contributed by atoms with van der Waals surface area (Å²) >= 11 is 4.97. The minimum Gasteiger partial charge on any atom is -0.494 e. The van der Waals surface area contributed by atoms with E-state index in [-0.39, 0.29) is 11.2 Å². The van der Waals surface area contributed by atoms with Crippen LogP contribution in [0.4, 0.5) is 4.39 Å². The van der Waals surface area contributed by atoms with E-state index < -0.39 is 0 Å². The van der Waals surface area contributed by atoms with E-state index in [4.69, 9.17) is 22.7 Å². The highest BCUT2D eigenvalue weighted by atomic mass is 32.1. The molecule has 0 bridgehead atoms. The first-order chi connectivity index (χ1) is 7.83. The Labute approximate surface area is 107 Å². The van der Waals surface area contributed by atoms with Crippen LogP contribution in [0.15, 0.2) is 18.2 Å². The monoisotopic (exact) mass is 255 g/mol. The topological polar surface area (TPSA) is 35.2 Å². The first kappa shape index (κ1) is 13.9. The van der Waals surface area contributed by atoms with E-state index in [1.54, 1.807) is 19.1 Å². The molecule has 0 spiro atoms. The summed E-state index contributed by atoms with van der Waals surface area (Å²) in [4.78, 5) is 0.483. The predicted molar refractivity (Wildman–Crippen MR) is 71.8 cm³/mol. The van der Waals surface area contributed by atoms with Gasteiger partial charge in [-0.15, -0.1) is 0 Å². The number of thiocarbonyl (C=S) groups is 1. The molecule has 0 unspecified atom stereocenters. The zero-order valence-corrected chi connectivity index (χ0v) is 11.2. The number of halogens is 1. The van der Waals surface area contributed by atoms with Crippen molar-refractivity contribution < 1.29 is 9.13 Å². The Bertz CT molecular complexity index is 418. The van der Waals surface area contributed by atoms with Crippen molar-refractivity contribution in [1.29, 1.82) is 0 Å². The maximum absolute atomic E-state index is 13.0.